The summed E-state index contributed by atoms with van der Waals surface area (Å²) in [5.41, 5.74) is 0. The van der Waals surface area contributed by atoms with E-state index in [1.165, 1.54) is 12.8 Å². The third-order valence-corrected chi connectivity index (χ3v) is 0.604. The molecule has 0 saturated carbocycles. The Morgan fingerprint density at radius 3 is 2.00 bits per heavy atom. The van der Waals surface area contributed by atoms with Crippen molar-refractivity contribution in [2.45, 2.75) is 26.2 Å². The molecule has 0 fully saturated rings. The van der Waals surface area contributed by atoms with Crippen molar-refractivity contribution in [2.24, 2.45) is 0 Å². The molecule has 0 aromatic heterocycles. The molecule has 0 N–H and O–H groups in total. The predicted molar refractivity (Wildman–Crippen MR) is 33.4 cm³/mol. The van der Waals surface area contributed by atoms with E-state index in [1.807, 2.05) is 6.88 Å². The van der Waals surface area contributed by atoms with Gasteiger partial charge in [0, 0.05) is 0 Å². The molecule has 42 valence electrons. The first-order valence-corrected chi connectivity index (χ1v) is 8.48. The first kappa shape index (κ1) is 11.0. The monoisotopic (exact) mass is 191 g/mol. The molecule has 7 heavy (non-hydrogen) atoms. The summed E-state index contributed by atoms with van der Waals surface area (Å²) in [7, 11) is 0. The van der Waals surface area contributed by atoms with Gasteiger partial charge in [0.25, 0.3) is 0 Å². The molecule has 0 aromatic carbocycles. The first-order chi connectivity index (χ1) is 3.41. The molecule has 0 aliphatic rings. The molecular formula is C5H13SiZr-. The molecular weight excluding hydrogens is 179 g/mol. The van der Waals surface area contributed by atoms with Crippen LogP contribution in [0.2, 0.25) is 0 Å². The Labute approximate surface area is 63.3 Å². The minimum absolute atomic E-state index is 1.09. The zero-order valence-corrected chi connectivity index (χ0v) is 8.91. The van der Waals surface area contributed by atoms with Crippen LogP contribution in [0.1, 0.15) is 26.2 Å². The van der Waals surface area contributed by atoms with Crippen LogP contribution in [0.15, 0.2) is 0 Å². The SMILES string of the molecule is [CH2-]CCCC.[SiH2]=[Zr]. The number of rotatable bonds is 2. The Balaban J connectivity index is 0. The average molecular weight is 192 g/mol. The number of hydrogen-bond donors (Lipinski definition) is 0. The summed E-state index contributed by atoms with van der Waals surface area (Å²) >= 11 is 1.58. The summed E-state index contributed by atoms with van der Waals surface area (Å²) in [6.45, 7) is 7.80. The second kappa shape index (κ2) is 15.7. The minimum atomic E-state index is 1.09. The van der Waals surface area contributed by atoms with E-state index in [0.717, 1.165) is 6.42 Å². The number of unbranched alkanes of at least 4 members (excludes halogenated alkanes) is 2. The van der Waals surface area contributed by atoms with Crippen molar-refractivity contribution in [1.82, 2.24) is 0 Å². The van der Waals surface area contributed by atoms with Gasteiger partial charge in [-0.1, -0.05) is 19.8 Å². The predicted octanol–water partition coefficient (Wildman–Crippen LogP) is 1.09. The molecule has 0 heterocycles. The van der Waals surface area contributed by atoms with Gasteiger partial charge in [0.2, 0.25) is 0 Å². The molecule has 0 nitrogen and oxygen atoms in total. The maximum absolute atomic E-state index is 3.68. The van der Waals surface area contributed by atoms with Crippen LogP contribution in [0.5, 0.6) is 0 Å². The normalized spacial score (nSPS) is 6.43. The van der Waals surface area contributed by atoms with Crippen LogP contribution in [-0.2, 0) is 23.3 Å². The van der Waals surface area contributed by atoms with Crippen molar-refractivity contribution in [3.8, 4) is 0 Å². The van der Waals surface area contributed by atoms with Gasteiger partial charge in [-0.3, -0.25) is 0 Å². The fraction of sp³-hybridized carbons (Fsp3) is 0.800. The summed E-state index contributed by atoms with van der Waals surface area (Å²) in [6, 6.07) is 0. The zero-order chi connectivity index (χ0) is 6.12. The second-order valence-corrected chi connectivity index (χ2v) is 1.21. The van der Waals surface area contributed by atoms with E-state index in [0.29, 0.717) is 0 Å². The zero-order valence-electron chi connectivity index (χ0n) is 5.04. The van der Waals surface area contributed by atoms with E-state index < -0.39 is 0 Å². The van der Waals surface area contributed by atoms with E-state index in [-0.39, 0.29) is 0 Å². The van der Waals surface area contributed by atoms with Gasteiger partial charge < -0.3 is 6.92 Å². The van der Waals surface area contributed by atoms with Gasteiger partial charge in [-0.05, 0) is 0 Å². The number of hydrogen-bond acceptors (Lipinski definition) is 0. The van der Waals surface area contributed by atoms with Gasteiger partial charge in [-0.2, -0.15) is 6.42 Å². The fourth-order valence-electron chi connectivity index (χ4n) is 0.250. The maximum atomic E-state index is 3.68. The van der Waals surface area contributed by atoms with Crippen LogP contribution < -0.4 is 0 Å². The van der Waals surface area contributed by atoms with Crippen molar-refractivity contribution in [3.05, 3.63) is 6.92 Å². The van der Waals surface area contributed by atoms with Gasteiger partial charge in [-0.25, -0.2) is 0 Å². The van der Waals surface area contributed by atoms with Crippen LogP contribution in [-0.4, -0.2) is 6.88 Å². The van der Waals surface area contributed by atoms with Crippen molar-refractivity contribution < 1.29 is 23.3 Å². The molecule has 0 aromatic rings. The van der Waals surface area contributed by atoms with Gasteiger partial charge in [0.1, 0.15) is 0 Å². The Bertz CT molecular complexity index is 22.0. The first-order valence-electron chi connectivity index (χ1n) is 2.56. The second-order valence-electron chi connectivity index (χ2n) is 1.21. The Morgan fingerprint density at radius 1 is 1.57 bits per heavy atom. The van der Waals surface area contributed by atoms with Crippen LogP contribution >= 0.6 is 0 Å². The van der Waals surface area contributed by atoms with E-state index in [2.05, 4.69) is 13.8 Å². The molecule has 0 radical (unpaired) electrons. The summed E-state index contributed by atoms with van der Waals surface area (Å²) < 4.78 is 0. The molecule has 0 atom stereocenters. The van der Waals surface area contributed by atoms with E-state index in [4.69, 9.17) is 0 Å². The fourth-order valence-corrected chi connectivity index (χ4v) is 0.250. The molecule has 0 aliphatic heterocycles. The van der Waals surface area contributed by atoms with Crippen LogP contribution in [0.4, 0.5) is 0 Å². The quantitative estimate of drug-likeness (QED) is 0.454. The van der Waals surface area contributed by atoms with Crippen molar-refractivity contribution in [2.75, 3.05) is 0 Å². The van der Waals surface area contributed by atoms with E-state index in [9.17, 15) is 0 Å². The van der Waals surface area contributed by atoms with E-state index in [1.54, 1.807) is 23.3 Å². The Hall–Kier alpha value is 1.10. The van der Waals surface area contributed by atoms with Gasteiger partial charge >= 0.3 is 30.2 Å². The van der Waals surface area contributed by atoms with Gasteiger partial charge in [0.15, 0.2) is 0 Å². The van der Waals surface area contributed by atoms with Crippen LogP contribution in [0, 0.1) is 6.92 Å². The van der Waals surface area contributed by atoms with Crippen molar-refractivity contribution in [1.29, 1.82) is 0 Å². The van der Waals surface area contributed by atoms with Gasteiger partial charge in [-0.15, -0.1) is 0 Å². The van der Waals surface area contributed by atoms with Crippen LogP contribution in [0.25, 0.3) is 0 Å². The summed E-state index contributed by atoms with van der Waals surface area (Å²) in [5.74, 6) is 0. The average Bonchev–Trinajstić information content (AvgIpc) is 1.75. The van der Waals surface area contributed by atoms with Crippen molar-refractivity contribution in [3.63, 3.8) is 0 Å². The molecule has 0 unspecified atom stereocenters. The molecule has 0 saturated heterocycles. The van der Waals surface area contributed by atoms with E-state index >= 15 is 0 Å². The molecule has 0 rings (SSSR count). The summed E-state index contributed by atoms with van der Waals surface area (Å²) in [4.78, 5) is 0. The Kier molecular flexibility index (Phi) is 24.6. The van der Waals surface area contributed by atoms with Crippen molar-refractivity contribution >= 4 is 6.88 Å². The summed E-state index contributed by atoms with van der Waals surface area (Å²) in [6.07, 6.45) is 3.65. The molecule has 0 amide bonds. The van der Waals surface area contributed by atoms with Crippen LogP contribution in [0.3, 0.4) is 0 Å². The summed E-state index contributed by atoms with van der Waals surface area (Å²) in [5, 5.41) is 0. The topological polar surface area (TPSA) is 0 Å². The van der Waals surface area contributed by atoms with Gasteiger partial charge in [0.05, 0.1) is 0 Å². The Morgan fingerprint density at radius 2 is 2.00 bits per heavy atom. The standard InChI is InChI=1S/C5H11.H2Si.Zr/c1-3-5-4-2;;/h1,3-5H2,2H3;1H2;/q-1;;. The third-order valence-electron chi connectivity index (χ3n) is 0.604. The molecule has 0 aliphatic carbocycles. The third kappa shape index (κ3) is 19.2. The molecule has 2 heteroatoms. The molecule has 0 spiro atoms. The molecule has 0 bridgehead atoms.